The molecule has 0 aliphatic rings. The van der Waals surface area contributed by atoms with E-state index in [1.807, 2.05) is 38.1 Å². The van der Waals surface area contributed by atoms with Gasteiger partial charge in [-0.2, -0.15) is 0 Å². The molecule has 0 aliphatic heterocycles. The molecule has 2 N–H and O–H groups in total. The van der Waals surface area contributed by atoms with Gasteiger partial charge < -0.3 is 15.2 Å². The maximum atomic E-state index is 12.1. The maximum absolute atomic E-state index is 12.1. The molecule has 0 fully saturated rings. The second-order valence-electron chi connectivity index (χ2n) is 5.38. The van der Waals surface area contributed by atoms with Gasteiger partial charge in [-0.25, -0.2) is 0 Å². The molecule has 128 valence electrons. The van der Waals surface area contributed by atoms with E-state index in [0.717, 1.165) is 10.6 Å². The number of carbonyl (C=O) groups is 2. The molecule has 0 atom stereocenters. The van der Waals surface area contributed by atoms with Crippen molar-refractivity contribution < 1.29 is 19.4 Å². The van der Waals surface area contributed by atoms with Gasteiger partial charge in [-0.1, -0.05) is 13.8 Å². The number of amides is 1. The van der Waals surface area contributed by atoms with E-state index < -0.39 is 11.5 Å². The molecule has 1 aromatic rings. The van der Waals surface area contributed by atoms with Gasteiger partial charge in [-0.3, -0.25) is 9.59 Å². The smallest absolute Gasteiger partial charge is 0.305 e. The first-order valence-corrected chi connectivity index (χ1v) is 8.73. The minimum atomic E-state index is -0.887. The molecule has 0 bridgehead atoms. The van der Waals surface area contributed by atoms with Gasteiger partial charge in [-0.05, 0) is 37.1 Å². The van der Waals surface area contributed by atoms with Gasteiger partial charge in [0.2, 0.25) is 5.91 Å². The quantitative estimate of drug-likeness (QED) is 0.640. The van der Waals surface area contributed by atoms with Crippen molar-refractivity contribution in [1.82, 2.24) is 5.32 Å². The normalized spacial score (nSPS) is 11.1. The van der Waals surface area contributed by atoms with Crippen LogP contribution in [0.25, 0.3) is 0 Å². The van der Waals surface area contributed by atoms with Crippen molar-refractivity contribution >= 4 is 23.6 Å². The summed E-state index contributed by atoms with van der Waals surface area (Å²) in [6.45, 7) is 3.80. The first kappa shape index (κ1) is 19.4. The Balaban J connectivity index is 2.46. The fourth-order valence-electron chi connectivity index (χ4n) is 2.30. The fraction of sp³-hybridized carbons (Fsp3) is 0.529. The molecule has 0 aromatic heterocycles. The number of thioether (sulfide) groups is 1. The van der Waals surface area contributed by atoms with Crippen LogP contribution in [0.4, 0.5) is 0 Å². The van der Waals surface area contributed by atoms with E-state index in [1.165, 1.54) is 0 Å². The van der Waals surface area contributed by atoms with Gasteiger partial charge in [-0.15, -0.1) is 11.8 Å². The Morgan fingerprint density at radius 3 is 2.30 bits per heavy atom. The molecule has 0 spiro atoms. The van der Waals surface area contributed by atoms with Crippen LogP contribution in [0.15, 0.2) is 29.2 Å². The summed E-state index contributed by atoms with van der Waals surface area (Å²) in [6.07, 6.45) is 1.52. The Morgan fingerprint density at radius 1 is 1.22 bits per heavy atom. The van der Waals surface area contributed by atoms with E-state index in [1.54, 1.807) is 18.9 Å². The van der Waals surface area contributed by atoms with E-state index in [9.17, 15) is 9.59 Å². The van der Waals surface area contributed by atoms with E-state index in [2.05, 4.69) is 5.32 Å². The first-order valence-electron chi connectivity index (χ1n) is 7.74. The molecule has 6 heteroatoms. The summed E-state index contributed by atoms with van der Waals surface area (Å²) in [5.74, 6) is 0.461. The molecule has 1 amide bonds. The van der Waals surface area contributed by atoms with Crippen molar-refractivity contribution in [2.75, 3.05) is 12.9 Å². The average molecular weight is 339 g/mol. The van der Waals surface area contributed by atoms with Gasteiger partial charge >= 0.3 is 5.97 Å². The number of carboxylic acids is 1. The topological polar surface area (TPSA) is 75.6 Å². The predicted molar refractivity (Wildman–Crippen MR) is 92.0 cm³/mol. The number of carboxylic acid groups (broad SMARTS) is 1. The van der Waals surface area contributed by atoms with Crippen LogP contribution in [-0.4, -0.2) is 35.4 Å². The van der Waals surface area contributed by atoms with Crippen LogP contribution in [0, 0.1) is 0 Å². The molecule has 0 saturated heterocycles. The molecule has 0 unspecified atom stereocenters. The number of benzene rings is 1. The standard InChI is InChI=1S/C17H25NO4S/c1-4-17(5-2,12-16(20)21)18-15(19)10-11-23-14-8-6-13(22-3)7-9-14/h6-9H,4-5,10-12H2,1-3H3,(H,18,19)(H,20,21). The van der Waals surface area contributed by atoms with Crippen LogP contribution in [-0.2, 0) is 9.59 Å². The number of hydrogen-bond donors (Lipinski definition) is 2. The molecule has 23 heavy (non-hydrogen) atoms. The van der Waals surface area contributed by atoms with E-state index >= 15 is 0 Å². The Labute approximate surface area is 141 Å². The number of aliphatic carboxylic acids is 1. The molecule has 0 heterocycles. The van der Waals surface area contributed by atoms with Gasteiger partial charge in [0.1, 0.15) is 5.75 Å². The van der Waals surface area contributed by atoms with Crippen LogP contribution in [0.5, 0.6) is 5.75 Å². The van der Waals surface area contributed by atoms with Crippen LogP contribution >= 0.6 is 11.8 Å². The highest BCUT2D eigenvalue weighted by Gasteiger charge is 2.30. The van der Waals surface area contributed by atoms with Crippen molar-refractivity contribution in [3.8, 4) is 5.75 Å². The Kier molecular flexibility index (Phi) is 7.95. The lowest BCUT2D eigenvalue weighted by atomic mass is 9.89. The van der Waals surface area contributed by atoms with Gasteiger partial charge in [0.15, 0.2) is 0 Å². The second-order valence-corrected chi connectivity index (χ2v) is 6.55. The highest BCUT2D eigenvalue weighted by atomic mass is 32.2. The van der Waals surface area contributed by atoms with Crippen molar-refractivity contribution in [2.45, 2.75) is 50.0 Å². The Bertz CT molecular complexity index is 512. The predicted octanol–water partition coefficient (Wildman–Crippen LogP) is 3.33. The van der Waals surface area contributed by atoms with Crippen molar-refractivity contribution in [3.63, 3.8) is 0 Å². The first-order chi connectivity index (χ1) is 10.9. The third-order valence-corrected chi connectivity index (χ3v) is 4.92. The molecule has 1 aromatic carbocycles. The summed E-state index contributed by atoms with van der Waals surface area (Å²) < 4.78 is 5.10. The van der Waals surface area contributed by atoms with E-state index in [-0.39, 0.29) is 12.3 Å². The number of hydrogen-bond acceptors (Lipinski definition) is 4. The van der Waals surface area contributed by atoms with Crippen molar-refractivity contribution in [1.29, 1.82) is 0 Å². The maximum Gasteiger partial charge on any atom is 0.305 e. The van der Waals surface area contributed by atoms with Crippen molar-refractivity contribution in [2.24, 2.45) is 0 Å². The van der Waals surface area contributed by atoms with Crippen LogP contribution in [0.1, 0.15) is 39.5 Å². The molecule has 5 nitrogen and oxygen atoms in total. The third kappa shape index (κ3) is 6.52. The van der Waals surface area contributed by atoms with Gasteiger partial charge in [0, 0.05) is 22.6 Å². The van der Waals surface area contributed by atoms with E-state index in [4.69, 9.17) is 9.84 Å². The Hall–Kier alpha value is -1.69. The monoisotopic (exact) mass is 339 g/mol. The lowest BCUT2D eigenvalue weighted by Crippen LogP contribution is -2.49. The zero-order chi connectivity index (χ0) is 17.3. The highest BCUT2D eigenvalue weighted by Crippen LogP contribution is 2.23. The fourth-order valence-corrected chi connectivity index (χ4v) is 3.15. The summed E-state index contributed by atoms with van der Waals surface area (Å²) in [7, 11) is 1.62. The highest BCUT2D eigenvalue weighted by molar-refractivity contribution is 7.99. The second kappa shape index (κ2) is 9.45. The molecule has 1 rings (SSSR count). The SMILES string of the molecule is CCC(CC)(CC(=O)O)NC(=O)CCSc1ccc(OC)cc1. The number of carbonyl (C=O) groups excluding carboxylic acids is 1. The summed E-state index contributed by atoms with van der Waals surface area (Å²) in [4.78, 5) is 24.2. The van der Waals surface area contributed by atoms with Crippen LogP contribution in [0.2, 0.25) is 0 Å². The molecule has 0 saturated carbocycles. The van der Waals surface area contributed by atoms with Crippen LogP contribution < -0.4 is 10.1 Å². The Morgan fingerprint density at radius 2 is 1.83 bits per heavy atom. The zero-order valence-corrected chi connectivity index (χ0v) is 14.7. The average Bonchev–Trinajstić information content (AvgIpc) is 2.54. The number of nitrogens with one attached hydrogen (secondary N) is 1. The largest absolute Gasteiger partial charge is 0.497 e. The number of ether oxygens (including phenoxy) is 1. The number of methoxy groups -OCH3 is 1. The molecule has 0 aliphatic carbocycles. The van der Waals surface area contributed by atoms with Gasteiger partial charge in [0.05, 0.1) is 13.5 Å². The van der Waals surface area contributed by atoms with Gasteiger partial charge in [0.25, 0.3) is 0 Å². The summed E-state index contributed by atoms with van der Waals surface area (Å²) in [6, 6.07) is 7.67. The third-order valence-electron chi connectivity index (χ3n) is 3.91. The number of rotatable bonds is 10. The van der Waals surface area contributed by atoms with Crippen LogP contribution in [0.3, 0.4) is 0 Å². The lowest BCUT2D eigenvalue weighted by molar-refractivity contribution is -0.139. The van der Waals surface area contributed by atoms with Crippen molar-refractivity contribution in [3.05, 3.63) is 24.3 Å². The molecule has 0 radical (unpaired) electrons. The summed E-state index contributed by atoms with van der Waals surface area (Å²) in [5, 5.41) is 11.9. The minimum absolute atomic E-state index is 0.0443. The van der Waals surface area contributed by atoms with E-state index in [0.29, 0.717) is 25.0 Å². The summed E-state index contributed by atoms with van der Waals surface area (Å²) >= 11 is 1.59. The molecular formula is C17H25NO4S. The molecular weight excluding hydrogens is 314 g/mol. The lowest BCUT2D eigenvalue weighted by Gasteiger charge is -2.31. The zero-order valence-electron chi connectivity index (χ0n) is 13.9. The minimum Gasteiger partial charge on any atom is -0.497 e. The summed E-state index contributed by atoms with van der Waals surface area (Å²) in [5.41, 5.74) is -0.645.